The van der Waals surface area contributed by atoms with Crippen molar-refractivity contribution in [2.24, 2.45) is 0 Å². The summed E-state index contributed by atoms with van der Waals surface area (Å²) in [7, 11) is 5.21. The van der Waals surface area contributed by atoms with E-state index >= 15 is 0 Å². The van der Waals surface area contributed by atoms with Crippen molar-refractivity contribution in [3.63, 3.8) is 0 Å². The van der Waals surface area contributed by atoms with Gasteiger partial charge in [-0.05, 0) is 25.1 Å². The highest BCUT2D eigenvalue weighted by atomic mass is 35.5. The summed E-state index contributed by atoms with van der Waals surface area (Å²) in [4.78, 5) is 13.2. The molecule has 1 rings (SSSR count). The van der Waals surface area contributed by atoms with Crippen LogP contribution in [-0.4, -0.2) is 33.2 Å². The summed E-state index contributed by atoms with van der Waals surface area (Å²) in [5, 5.41) is 3.66. The predicted molar refractivity (Wildman–Crippen MR) is 70.9 cm³/mol. The van der Waals surface area contributed by atoms with E-state index in [-0.39, 0.29) is 5.97 Å². The van der Waals surface area contributed by atoms with Gasteiger partial charge in [-0.25, -0.2) is 4.79 Å². The molecule has 17 heavy (non-hydrogen) atoms. The van der Waals surface area contributed by atoms with Gasteiger partial charge in [0.2, 0.25) is 0 Å². The number of nitrogens with zero attached hydrogens (tertiary/aromatic N) is 1. The van der Waals surface area contributed by atoms with Gasteiger partial charge in [-0.15, -0.1) is 0 Å². The third-order valence-corrected chi connectivity index (χ3v) is 2.67. The van der Waals surface area contributed by atoms with Crippen molar-refractivity contribution in [2.45, 2.75) is 13.0 Å². The molecule has 0 spiro atoms. The fourth-order valence-electron chi connectivity index (χ4n) is 1.45. The number of esters is 1. The number of hydrogen-bond acceptors (Lipinski definition) is 4. The van der Waals surface area contributed by atoms with Crippen LogP contribution in [0, 0.1) is 0 Å². The molecule has 0 aliphatic carbocycles. The van der Waals surface area contributed by atoms with E-state index in [2.05, 4.69) is 10.1 Å². The Kier molecular flexibility index (Phi) is 4.63. The van der Waals surface area contributed by atoms with Crippen LogP contribution in [0.4, 0.5) is 11.4 Å². The van der Waals surface area contributed by atoms with Gasteiger partial charge in [0, 0.05) is 19.8 Å². The third-order valence-electron chi connectivity index (χ3n) is 2.37. The van der Waals surface area contributed by atoms with E-state index in [1.54, 1.807) is 13.0 Å². The van der Waals surface area contributed by atoms with Crippen molar-refractivity contribution in [1.82, 2.24) is 0 Å². The van der Waals surface area contributed by atoms with E-state index in [9.17, 15) is 4.79 Å². The lowest BCUT2D eigenvalue weighted by Crippen LogP contribution is -2.27. The Labute approximate surface area is 107 Å². The second kappa shape index (κ2) is 5.77. The zero-order valence-electron chi connectivity index (χ0n) is 10.5. The third kappa shape index (κ3) is 3.53. The van der Waals surface area contributed by atoms with Gasteiger partial charge in [-0.2, -0.15) is 0 Å². The molecule has 94 valence electrons. The van der Waals surface area contributed by atoms with E-state index in [0.29, 0.717) is 5.02 Å². The SMILES string of the molecule is COC(=O)C(C)Nc1ccc(N(C)C)c(Cl)c1. The molecule has 0 aliphatic rings. The number of benzene rings is 1. The molecule has 1 atom stereocenters. The van der Waals surface area contributed by atoms with Gasteiger partial charge in [0.1, 0.15) is 6.04 Å². The number of hydrogen-bond donors (Lipinski definition) is 1. The number of carbonyl (C=O) groups excluding carboxylic acids is 1. The molecule has 0 saturated heterocycles. The lowest BCUT2D eigenvalue weighted by atomic mass is 10.2. The molecule has 0 heterocycles. The molecular weight excluding hydrogens is 240 g/mol. The zero-order chi connectivity index (χ0) is 13.0. The number of ether oxygens (including phenoxy) is 1. The van der Waals surface area contributed by atoms with E-state index in [4.69, 9.17) is 11.6 Å². The van der Waals surface area contributed by atoms with Crippen molar-refractivity contribution < 1.29 is 9.53 Å². The minimum atomic E-state index is -0.402. The fourth-order valence-corrected chi connectivity index (χ4v) is 1.79. The van der Waals surface area contributed by atoms with Crippen LogP contribution in [0.2, 0.25) is 5.02 Å². The van der Waals surface area contributed by atoms with Gasteiger partial charge in [0.15, 0.2) is 0 Å². The number of methoxy groups -OCH3 is 1. The topological polar surface area (TPSA) is 41.6 Å². The standard InChI is InChI=1S/C12H17ClN2O2/c1-8(12(16)17-4)14-9-5-6-11(15(2)3)10(13)7-9/h5-8,14H,1-4H3. The Morgan fingerprint density at radius 3 is 2.59 bits per heavy atom. The molecule has 0 radical (unpaired) electrons. The Balaban J connectivity index is 2.81. The molecule has 1 N–H and O–H groups in total. The maximum Gasteiger partial charge on any atom is 0.327 e. The molecule has 0 fully saturated rings. The summed E-state index contributed by atoms with van der Waals surface area (Å²) >= 11 is 6.12. The molecule has 0 aromatic heterocycles. The first-order chi connectivity index (χ1) is 7.95. The first-order valence-electron chi connectivity index (χ1n) is 5.27. The smallest absolute Gasteiger partial charge is 0.327 e. The summed E-state index contributed by atoms with van der Waals surface area (Å²) in [6.07, 6.45) is 0. The van der Waals surface area contributed by atoms with Crippen molar-refractivity contribution in [1.29, 1.82) is 0 Å². The highest BCUT2D eigenvalue weighted by Gasteiger charge is 2.13. The highest BCUT2D eigenvalue weighted by molar-refractivity contribution is 6.33. The highest BCUT2D eigenvalue weighted by Crippen LogP contribution is 2.27. The Bertz CT molecular complexity index is 407. The lowest BCUT2D eigenvalue weighted by Gasteiger charge is -2.17. The molecule has 1 aromatic rings. The van der Waals surface area contributed by atoms with Crippen molar-refractivity contribution in [2.75, 3.05) is 31.4 Å². The van der Waals surface area contributed by atoms with E-state index in [1.165, 1.54) is 7.11 Å². The first kappa shape index (κ1) is 13.6. The molecule has 5 heteroatoms. The van der Waals surface area contributed by atoms with Crippen LogP contribution in [0.5, 0.6) is 0 Å². The molecule has 1 aromatic carbocycles. The monoisotopic (exact) mass is 256 g/mol. The summed E-state index contributed by atoms with van der Waals surface area (Å²) in [5.41, 5.74) is 1.72. The molecule has 0 aliphatic heterocycles. The second-order valence-electron chi connectivity index (χ2n) is 3.95. The van der Waals surface area contributed by atoms with Gasteiger partial charge in [0.05, 0.1) is 17.8 Å². The molecule has 0 bridgehead atoms. The number of anilines is 2. The number of carbonyl (C=O) groups is 1. The van der Waals surface area contributed by atoms with Crippen LogP contribution in [0.25, 0.3) is 0 Å². The van der Waals surface area contributed by atoms with Gasteiger partial charge < -0.3 is 15.0 Å². The first-order valence-corrected chi connectivity index (χ1v) is 5.64. The number of nitrogens with one attached hydrogen (secondary N) is 1. The largest absolute Gasteiger partial charge is 0.467 e. The van der Waals surface area contributed by atoms with E-state index in [0.717, 1.165) is 11.4 Å². The number of halogens is 1. The van der Waals surface area contributed by atoms with Crippen molar-refractivity contribution in [3.8, 4) is 0 Å². The summed E-state index contributed by atoms with van der Waals surface area (Å²) < 4.78 is 4.63. The van der Waals surface area contributed by atoms with Crippen molar-refractivity contribution in [3.05, 3.63) is 23.2 Å². The maximum absolute atomic E-state index is 11.3. The van der Waals surface area contributed by atoms with Crippen molar-refractivity contribution >= 4 is 28.9 Å². The number of rotatable bonds is 4. The molecule has 0 saturated carbocycles. The summed E-state index contributed by atoms with van der Waals surface area (Å²) in [5.74, 6) is -0.308. The summed E-state index contributed by atoms with van der Waals surface area (Å²) in [6.45, 7) is 1.74. The average molecular weight is 257 g/mol. The lowest BCUT2D eigenvalue weighted by molar-refractivity contribution is -0.141. The van der Waals surface area contributed by atoms with Crippen LogP contribution < -0.4 is 10.2 Å². The Morgan fingerprint density at radius 1 is 1.47 bits per heavy atom. The van der Waals surface area contributed by atoms with Crippen LogP contribution >= 0.6 is 11.6 Å². The van der Waals surface area contributed by atoms with Gasteiger partial charge in [-0.3, -0.25) is 0 Å². The summed E-state index contributed by atoms with van der Waals surface area (Å²) in [6, 6.07) is 5.16. The predicted octanol–water partition coefficient (Wildman–Crippen LogP) is 2.38. The maximum atomic E-state index is 11.3. The van der Waals surface area contributed by atoms with Gasteiger partial charge in [-0.1, -0.05) is 11.6 Å². The Morgan fingerprint density at radius 2 is 2.12 bits per heavy atom. The zero-order valence-corrected chi connectivity index (χ0v) is 11.2. The van der Waals surface area contributed by atoms with Crippen LogP contribution in [-0.2, 0) is 9.53 Å². The van der Waals surface area contributed by atoms with Crippen LogP contribution in [0.15, 0.2) is 18.2 Å². The molecule has 0 amide bonds. The minimum absolute atomic E-state index is 0.308. The normalized spacial score (nSPS) is 11.8. The van der Waals surface area contributed by atoms with Gasteiger partial charge >= 0.3 is 5.97 Å². The van der Waals surface area contributed by atoms with Crippen LogP contribution in [0.3, 0.4) is 0 Å². The second-order valence-corrected chi connectivity index (χ2v) is 4.36. The molecular formula is C12H17ClN2O2. The van der Waals surface area contributed by atoms with E-state index < -0.39 is 6.04 Å². The fraction of sp³-hybridized carbons (Fsp3) is 0.417. The molecule has 4 nitrogen and oxygen atoms in total. The van der Waals surface area contributed by atoms with E-state index in [1.807, 2.05) is 31.1 Å². The quantitative estimate of drug-likeness (QED) is 0.840. The Hall–Kier alpha value is -1.42. The van der Waals surface area contributed by atoms with Crippen LogP contribution in [0.1, 0.15) is 6.92 Å². The average Bonchev–Trinajstić information content (AvgIpc) is 2.27. The van der Waals surface area contributed by atoms with Gasteiger partial charge in [0.25, 0.3) is 0 Å². The molecule has 1 unspecified atom stereocenters. The minimum Gasteiger partial charge on any atom is -0.467 e.